The molecule has 35 heavy (non-hydrogen) atoms. The lowest BCUT2D eigenvalue weighted by Gasteiger charge is -2.37. The summed E-state index contributed by atoms with van der Waals surface area (Å²) >= 11 is 0. The lowest BCUT2D eigenvalue weighted by Crippen LogP contribution is -2.53. The Kier molecular flexibility index (Phi) is 7.67. The Morgan fingerprint density at radius 1 is 1.14 bits per heavy atom. The topological polar surface area (TPSA) is 114 Å². The zero-order valence-electron chi connectivity index (χ0n) is 20.5. The first kappa shape index (κ1) is 24.7. The number of amides is 1. The average Bonchev–Trinajstić information content (AvgIpc) is 3.12. The Labute approximate surface area is 205 Å². The molecule has 188 valence electrons. The largest absolute Gasteiger partial charge is 0.478 e. The highest BCUT2D eigenvalue weighted by Crippen LogP contribution is 2.34. The quantitative estimate of drug-likeness (QED) is 0.645. The van der Waals surface area contributed by atoms with E-state index in [1.807, 2.05) is 37.0 Å². The van der Waals surface area contributed by atoms with Gasteiger partial charge >= 0.3 is 5.97 Å². The van der Waals surface area contributed by atoms with Gasteiger partial charge in [0.1, 0.15) is 24.0 Å². The number of carboxylic acid groups (broad SMARTS) is 1. The first-order valence-corrected chi connectivity index (χ1v) is 11.8. The molecule has 11 heteroatoms. The number of nitrogens with one attached hydrogen (secondary N) is 1. The fraction of sp³-hybridized carbons (Fsp3) is 0.500. The van der Waals surface area contributed by atoms with Gasteiger partial charge in [-0.3, -0.25) is 9.69 Å². The van der Waals surface area contributed by atoms with E-state index in [-0.39, 0.29) is 17.6 Å². The summed E-state index contributed by atoms with van der Waals surface area (Å²) in [6.07, 6.45) is 2.75. The SMILES string of the molecule is C1COC1.CN(C)c1cc(C(=O)N2CCN(CC3Nc4ccc(C(=O)O)cc4N3C)CC2)ncn1. The number of benzene rings is 1. The van der Waals surface area contributed by atoms with Crippen LogP contribution in [0.25, 0.3) is 0 Å². The maximum atomic E-state index is 12.8. The van der Waals surface area contributed by atoms with Crippen LogP contribution in [-0.4, -0.2) is 110 Å². The van der Waals surface area contributed by atoms with Crippen molar-refractivity contribution >= 4 is 29.1 Å². The number of likely N-dealkylation sites (N-methyl/N-ethyl adjacent to an activating group) is 1. The number of rotatable bonds is 5. The summed E-state index contributed by atoms with van der Waals surface area (Å²) < 4.78 is 4.72. The summed E-state index contributed by atoms with van der Waals surface area (Å²) in [6, 6.07) is 6.85. The van der Waals surface area contributed by atoms with E-state index in [1.165, 1.54) is 12.7 Å². The molecule has 5 rings (SSSR count). The number of carbonyl (C=O) groups excluding carboxylic acids is 1. The van der Waals surface area contributed by atoms with Crippen LogP contribution in [0.1, 0.15) is 27.3 Å². The van der Waals surface area contributed by atoms with Crippen LogP contribution >= 0.6 is 0 Å². The fourth-order valence-corrected chi connectivity index (χ4v) is 4.08. The molecule has 3 aliphatic rings. The van der Waals surface area contributed by atoms with Gasteiger partial charge in [-0.1, -0.05) is 0 Å². The van der Waals surface area contributed by atoms with E-state index in [2.05, 4.69) is 25.1 Å². The zero-order chi connectivity index (χ0) is 24.9. The number of aromatic nitrogens is 2. The predicted molar refractivity (Wildman–Crippen MR) is 133 cm³/mol. The van der Waals surface area contributed by atoms with Gasteiger partial charge in [-0.25, -0.2) is 14.8 Å². The van der Waals surface area contributed by atoms with E-state index < -0.39 is 5.97 Å². The monoisotopic (exact) mass is 483 g/mol. The molecule has 0 spiro atoms. The Morgan fingerprint density at radius 2 is 1.83 bits per heavy atom. The minimum atomic E-state index is -0.929. The van der Waals surface area contributed by atoms with Crippen molar-refractivity contribution in [1.82, 2.24) is 19.8 Å². The smallest absolute Gasteiger partial charge is 0.335 e. The van der Waals surface area contributed by atoms with E-state index in [1.54, 1.807) is 18.2 Å². The van der Waals surface area contributed by atoms with Gasteiger partial charge in [0.05, 0.1) is 16.9 Å². The predicted octanol–water partition coefficient (Wildman–Crippen LogP) is 1.29. The normalized spacial score (nSPS) is 19.1. The second-order valence-corrected chi connectivity index (χ2v) is 9.02. The third kappa shape index (κ3) is 5.80. The molecule has 0 saturated carbocycles. The molecule has 1 amide bonds. The minimum absolute atomic E-state index is 0.0470. The molecule has 2 N–H and O–H groups in total. The van der Waals surface area contributed by atoms with Crippen molar-refractivity contribution < 1.29 is 19.4 Å². The van der Waals surface area contributed by atoms with Gasteiger partial charge in [-0.15, -0.1) is 0 Å². The van der Waals surface area contributed by atoms with Crippen LogP contribution in [0.3, 0.4) is 0 Å². The number of carbonyl (C=O) groups is 2. The Balaban J connectivity index is 0.000000656. The summed E-state index contributed by atoms with van der Waals surface area (Å²) in [5.74, 6) is -0.297. The summed E-state index contributed by atoms with van der Waals surface area (Å²) in [6.45, 7) is 5.56. The van der Waals surface area contributed by atoms with Crippen LogP contribution in [0, 0.1) is 0 Å². The molecule has 0 radical (unpaired) electrons. The molecule has 0 aliphatic carbocycles. The molecular weight excluding hydrogens is 450 g/mol. The van der Waals surface area contributed by atoms with Crippen molar-refractivity contribution in [3.05, 3.63) is 41.9 Å². The zero-order valence-corrected chi connectivity index (χ0v) is 20.5. The number of ether oxygens (including phenoxy) is 1. The number of piperazine rings is 1. The van der Waals surface area contributed by atoms with E-state index in [9.17, 15) is 14.7 Å². The van der Waals surface area contributed by atoms with Crippen molar-refractivity contribution in [2.75, 3.05) is 82.2 Å². The van der Waals surface area contributed by atoms with Crippen LogP contribution in [0.4, 0.5) is 17.2 Å². The summed E-state index contributed by atoms with van der Waals surface area (Å²) in [5.41, 5.74) is 2.52. The Bertz CT molecular complexity index is 1050. The van der Waals surface area contributed by atoms with E-state index in [4.69, 9.17) is 4.74 Å². The molecule has 1 unspecified atom stereocenters. The lowest BCUT2D eigenvalue weighted by molar-refractivity contribution is 0.0367. The van der Waals surface area contributed by atoms with Crippen molar-refractivity contribution in [2.24, 2.45) is 0 Å². The third-order valence-corrected chi connectivity index (χ3v) is 6.41. The maximum absolute atomic E-state index is 12.8. The van der Waals surface area contributed by atoms with Gasteiger partial charge in [0.15, 0.2) is 0 Å². The van der Waals surface area contributed by atoms with Gasteiger partial charge in [-0.2, -0.15) is 0 Å². The number of carboxylic acids is 1. The summed E-state index contributed by atoms with van der Waals surface area (Å²) in [7, 11) is 5.72. The van der Waals surface area contributed by atoms with Crippen LogP contribution in [0.5, 0.6) is 0 Å². The van der Waals surface area contributed by atoms with Gasteiger partial charge in [0.25, 0.3) is 5.91 Å². The van der Waals surface area contributed by atoms with Crippen molar-refractivity contribution in [2.45, 2.75) is 12.6 Å². The van der Waals surface area contributed by atoms with E-state index in [0.29, 0.717) is 24.6 Å². The molecule has 2 aromatic rings. The van der Waals surface area contributed by atoms with Gasteiger partial charge in [-0.05, 0) is 24.6 Å². The molecule has 11 nitrogen and oxygen atoms in total. The number of hydrogen-bond acceptors (Lipinski definition) is 9. The Morgan fingerprint density at radius 3 is 2.43 bits per heavy atom. The van der Waals surface area contributed by atoms with Crippen molar-refractivity contribution in [3.63, 3.8) is 0 Å². The van der Waals surface area contributed by atoms with Gasteiger partial charge in [0.2, 0.25) is 0 Å². The van der Waals surface area contributed by atoms with Crippen LogP contribution < -0.4 is 15.1 Å². The Hall–Kier alpha value is -3.44. The molecule has 0 bridgehead atoms. The van der Waals surface area contributed by atoms with Gasteiger partial charge in [0, 0.05) is 73.1 Å². The number of fused-ring (bicyclic) bond motifs is 1. The fourth-order valence-electron chi connectivity index (χ4n) is 4.08. The molecule has 3 aliphatic heterocycles. The first-order valence-electron chi connectivity index (χ1n) is 11.8. The highest BCUT2D eigenvalue weighted by molar-refractivity contribution is 5.93. The number of anilines is 3. The number of nitrogens with zero attached hydrogens (tertiary/aromatic N) is 6. The molecular formula is C24H33N7O4. The summed E-state index contributed by atoms with van der Waals surface area (Å²) in [4.78, 5) is 40.5. The second-order valence-electron chi connectivity index (χ2n) is 9.02. The average molecular weight is 484 g/mol. The second kappa shape index (κ2) is 10.9. The third-order valence-electron chi connectivity index (χ3n) is 6.41. The van der Waals surface area contributed by atoms with Gasteiger partial charge < -0.3 is 29.9 Å². The van der Waals surface area contributed by atoms with E-state index >= 15 is 0 Å². The molecule has 1 aromatic heterocycles. The van der Waals surface area contributed by atoms with Crippen LogP contribution in [0.2, 0.25) is 0 Å². The van der Waals surface area contributed by atoms with Crippen LogP contribution in [0.15, 0.2) is 30.6 Å². The molecule has 1 atom stereocenters. The molecule has 2 saturated heterocycles. The highest BCUT2D eigenvalue weighted by atomic mass is 16.5. The standard InChI is InChI=1S/C21H27N7O3.C3H6O/c1-25(2)18-11-16(22-13-23-18)20(29)28-8-6-27(7-9-28)12-19-24-15-5-4-14(21(30)31)10-17(15)26(19)3;1-2-4-3-1/h4-5,10-11,13,19,24H,6-9,12H2,1-3H3,(H,30,31);1-3H2. The van der Waals surface area contributed by atoms with Crippen LogP contribution in [-0.2, 0) is 4.74 Å². The maximum Gasteiger partial charge on any atom is 0.335 e. The highest BCUT2D eigenvalue weighted by Gasteiger charge is 2.30. The lowest BCUT2D eigenvalue weighted by atomic mass is 10.2. The molecule has 2 fully saturated rings. The number of aromatic carboxylic acids is 1. The van der Waals surface area contributed by atoms with E-state index in [0.717, 1.165) is 44.2 Å². The minimum Gasteiger partial charge on any atom is -0.478 e. The molecule has 4 heterocycles. The molecule has 1 aromatic carbocycles. The van der Waals surface area contributed by atoms with Crippen molar-refractivity contribution in [3.8, 4) is 0 Å². The first-order chi connectivity index (χ1) is 16.8. The summed E-state index contributed by atoms with van der Waals surface area (Å²) in [5, 5.41) is 12.7. The van der Waals surface area contributed by atoms with Crippen molar-refractivity contribution in [1.29, 1.82) is 0 Å². The number of hydrogen-bond donors (Lipinski definition) is 2.